The van der Waals surface area contributed by atoms with Crippen LogP contribution in [0.25, 0.3) is 0 Å². The molecule has 0 unspecified atom stereocenters. The van der Waals surface area contributed by atoms with Gasteiger partial charge in [-0.2, -0.15) is 25.3 Å². The quantitative estimate of drug-likeness (QED) is 0.716. The molecule has 13 heavy (non-hydrogen) atoms. The minimum atomic E-state index is 0.229. The van der Waals surface area contributed by atoms with Gasteiger partial charge in [0, 0.05) is 11.0 Å². The Hall–Kier alpha value is -0.120. The van der Waals surface area contributed by atoms with Crippen LogP contribution in [0.4, 0.5) is 0 Å². The lowest BCUT2D eigenvalue weighted by molar-refractivity contribution is 0.125. The van der Waals surface area contributed by atoms with Crippen LogP contribution in [0.1, 0.15) is 5.56 Å². The first kappa shape index (κ1) is 11.0. The maximum Gasteiger partial charge on any atom is 0.0717 e. The van der Waals surface area contributed by atoms with Crippen LogP contribution in [0.2, 0.25) is 0 Å². The predicted molar refractivity (Wildman–Crippen MR) is 62.7 cm³/mol. The lowest BCUT2D eigenvalue weighted by atomic mass is 10.2. The fraction of sp³-hybridized carbons (Fsp3) is 0.400. The maximum absolute atomic E-state index is 5.45. The number of benzene rings is 1. The zero-order valence-electron chi connectivity index (χ0n) is 7.39. The van der Waals surface area contributed by atoms with Crippen molar-refractivity contribution in [2.45, 2.75) is 11.9 Å². The third-order valence-corrected chi connectivity index (χ3v) is 2.69. The average molecular weight is 214 g/mol. The molecular formula is C10H14OS2. The number of rotatable bonds is 5. The summed E-state index contributed by atoms with van der Waals surface area (Å²) in [4.78, 5) is 0. The zero-order chi connectivity index (χ0) is 9.52. The Morgan fingerprint density at radius 2 is 1.92 bits per heavy atom. The highest BCUT2D eigenvalue weighted by atomic mass is 32.1. The van der Waals surface area contributed by atoms with E-state index in [2.05, 4.69) is 25.3 Å². The van der Waals surface area contributed by atoms with Gasteiger partial charge in [-0.1, -0.05) is 30.3 Å². The fourth-order valence-electron chi connectivity index (χ4n) is 0.940. The highest BCUT2D eigenvalue weighted by Crippen LogP contribution is 2.03. The molecule has 0 spiro atoms. The van der Waals surface area contributed by atoms with Crippen LogP contribution in [-0.4, -0.2) is 17.6 Å². The van der Waals surface area contributed by atoms with E-state index < -0.39 is 0 Å². The normalized spacial score (nSPS) is 12.8. The van der Waals surface area contributed by atoms with E-state index in [-0.39, 0.29) is 5.25 Å². The molecule has 0 amide bonds. The summed E-state index contributed by atoms with van der Waals surface area (Å²) >= 11 is 8.39. The minimum absolute atomic E-state index is 0.229. The summed E-state index contributed by atoms with van der Waals surface area (Å²) < 4.78 is 5.45. The Bertz CT molecular complexity index is 226. The van der Waals surface area contributed by atoms with E-state index in [0.717, 1.165) is 5.75 Å². The third-order valence-electron chi connectivity index (χ3n) is 1.63. The highest BCUT2D eigenvalue weighted by molar-refractivity contribution is 7.84. The van der Waals surface area contributed by atoms with Gasteiger partial charge in [-0.05, 0) is 5.56 Å². The molecule has 0 saturated carbocycles. The number of hydrogen-bond donors (Lipinski definition) is 2. The minimum Gasteiger partial charge on any atom is -0.376 e. The molecule has 0 aromatic heterocycles. The lowest BCUT2D eigenvalue weighted by Gasteiger charge is -2.08. The molecule has 0 aliphatic rings. The maximum atomic E-state index is 5.45. The summed E-state index contributed by atoms with van der Waals surface area (Å²) in [6, 6.07) is 10.1. The molecule has 0 fully saturated rings. The van der Waals surface area contributed by atoms with Crippen LogP contribution in [0.3, 0.4) is 0 Å². The molecule has 72 valence electrons. The van der Waals surface area contributed by atoms with Gasteiger partial charge < -0.3 is 4.74 Å². The summed E-state index contributed by atoms with van der Waals surface area (Å²) in [7, 11) is 0. The van der Waals surface area contributed by atoms with Crippen molar-refractivity contribution < 1.29 is 4.74 Å². The largest absolute Gasteiger partial charge is 0.376 e. The van der Waals surface area contributed by atoms with Gasteiger partial charge in [-0.15, -0.1) is 0 Å². The summed E-state index contributed by atoms with van der Waals surface area (Å²) in [6.45, 7) is 1.31. The van der Waals surface area contributed by atoms with Crippen LogP contribution in [0.5, 0.6) is 0 Å². The van der Waals surface area contributed by atoms with Gasteiger partial charge in [-0.25, -0.2) is 0 Å². The van der Waals surface area contributed by atoms with Gasteiger partial charge in [0.1, 0.15) is 0 Å². The molecule has 0 saturated heterocycles. The van der Waals surface area contributed by atoms with Crippen LogP contribution in [-0.2, 0) is 11.3 Å². The van der Waals surface area contributed by atoms with Crippen molar-refractivity contribution in [3.05, 3.63) is 35.9 Å². The van der Waals surface area contributed by atoms with E-state index in [1.54, 1.807) is 0 Å². The van der Waals surface area contributed by atoms with Crippen LogP contribution in [0.15, 0.2) is 30.3 Å². The van der Waals surface area contributed by atoms with E-state index in [9.17, 15) is 0 Å². The lowest BCUT2D eigenvalue weighted by Crippen LogP contribution is -2.10. The van der Waals surface area contributed by atoms with Crippen molar-refractivity contribution >= 4 is 25.3 Å². The smallest absolute Gasteiger partial charge is 0.0717 e. The number of hydrogen-bond acceptors (Lipinski definition) is 3. The summed E-state index contributed by atoms with van der Waals surface area (Å²) in [5, 5.41) is 0.229. The molecule has 1 atom stereocenters. The molecule has 0 heterocycles. The first-order valence-corrected chi connectivity index (χ1v) is 5.38. The van der Waals surface area contributed by atoms with Gasteiger partial charge >= 0.3 is 0 Å². The second-order valence-corrected chi connectivity index (χ2v) is 3.93. The third kappa shape index (κ3) is 4.60. The topological polar surface area (TPSA) is 9.23 Å². The molecule has 1 rings (SSSR count). The van der Waals surface area contributed by atoms with E-state index in [1.165, 1.54) is 5.56 Å². The summed E-state index contributed by atoms with van der Waals surface area (Å²) in [5.74, 6) is 0.748. The molecule has 1 nitrogen and oxygen atoms in total. The predicted octanol–water partition coefficient (Wildman–Crippen LogP) is 2.43. The van der Waals surface area contributed by atoms with Crippen molar-refractivity contribution in [2.75, 3.05) is 12.4 Å². The molecule has 0 aliphatic carbocycles. The molecule has 0 aliphatic heterocycles. The fourth-order valence-corrected chi connectivity index (χ4v) is 1.15. The standard InChI is InChI=1S/C10H14OS2/c12-8-10(13)7-11-6-9-4-2-1-3-5-9/h1-5,10,12-13H,6-8H2/t10-/m1/s1. The molecule has 1 aromatic carbocycles. The number of thiol groups is 2. The Balaban J connectivity index is 2.20. The number of ether oxygens (including phenoxy) is 1. The first-order chi connectivity index (χ1) is 6.33. The SMILES string of the molecule is SC[C@H](S)COCc1ccccc1. The van der Waals surface area contributed by atoms with Crippen LogP contribution in [0, 0.1) is 0 Å². The molecule has 0 N–H and O–H groups in total. The molecule has 0 bridgehead atoms. The van der Waals surface area contributed by atoms with Gasteiger partial charge in [-0.3, -0.25) is 0 Å². The second kappa shape index (κ2) is 6.35. The van der Waals surface area contributed by atoms with Crippen molar-refractivity contribution in [3.63, 3.8) is 0 Å². The Morgan fingerprint density at radius 3 is 2.54 bits per heavy atom. The van der Waals surface area contributed by atoms with E-state index in [0.29, 0.717) is 13.2 Å². The summed E-state index contributed by atoms with van der Waals surface area (Å²) in [5.41, 5.74) is 1.20. The Morgan fingerprint density at radius 1 is 1.23 bits per heavy atom. The summed E-state index contributed by atoms with van der Waals surface area (Å²) in [6.07, 6.45) is 0. The van der Waals surface area contributed by atoms with Crippen molar-refractivity contribution in [1.29, 1.82) is 0 Å². The Kier molecular flexibility index (Phi) is 5.35. The van der Waals surface area contributed by atoms with Crippen molar-refractivity contribution in [1.82, 2.24) is 0 Å². The van der Waals surface area contributed by atoms with Gasteiger partial charge in [0.15, 0.2) is 0 Å². The van der Waals surface area contributed by atoms with E-state index >= 15 is 0 Å². The van der Waals surface area contributed by atoms with Crippen LogP contribution >= 0.6 is 25.3 Å². The zero-order valence-corrected chi connectivity index (χ0v) is 9.18. The average Bonchev–Trinajstić information content (AvgIpc) is 2.19. The molecule has 0 radical (unpaired) electrons. The van der Waals surface area contributed by atoms with Crippen molar-refractivity contribution in [2.24, 2.45) is 0 Å². The van der Waals surface area contributed by atoms with Crippen LogP contribution < -0.4 is 0 Å². The first-order valence-electron chi connectivity index (χ1n) is 4.23. The van der Waals surface area contributed by atoms with Gasteiger partial charge in [0.05, 0.1) is 13.2 Å². The molecule has 3 heteroatoms. The van der Waals surface area contributed by atoms with E-state index in [4.69, 9.17) is 4.74 Å². The van der Waals surface area contributed by atoms with Gasteiger partial charge in [0.2, 0.25) is 0 Å². The van der Waals surface area contributed by atoms with Crippen molar-refractivity contribution in [3.8, 4) is 0 Å². The molecule has 1 aromatic rings. The van der Waals surface area contributed by atoms with E-state index in [1.807, 2.05) is 30.3 Å². The van der Waals surface area contributed by atoms with Gasteiger partial charge in [0.25, 0.3) is 0 Å². The highest BCUT2D eigenvalue weighted by Gasteiger charge is 1.99. The Labute approximate surface area is 90.3 Å². The second-order valence-electron chi connectivity index (χ2n) is 2.84. The molecular weight excluding hydrogens is 200 g/mol. The monoisotopic (exact) mass is 214 g/mol.